The Hall–Kier alpha value is -0.520. The van der Waals surface area contributed by atoms with Crippen LogP contribution in [0.3, 0.4) is 0 Å². The molecule has 0 saturated heterocycles. The first-order valence-corrected chi connectivity index (χ1v) is 6.21. The van der Waals surface area contributed by atoms with E-state index in [1.807, 2.05) is 0 Å². The number of nitrogens with zero attached hydrogens (tertiary/aromatic N) is 2. The molecule has 82 valence electrons. The van der Waals surface area contributed by atoms with Gasteiger partial charge in [0.1, 0.15) is 5.82 Å². The number of hydrogen-bond acceptors (Lipinski definition) is 5. The molecule has 0 spiro atoms. The molecule has 0 saturated carbocycles. The van der Waals surface area contributed by atoms with Gasteiger partial charge in [-0.05, 0) is 30.2 Å². The topological polar surface area (TPSA) is 58.0 Å². The number of rotatable bonds is 3. The van der Waals surface area contributed by atoms with Crippen LogP contribution in [0, 0.1) is 0 Å². The van der Waals surface area contributed by atoms with Crippen LogP contribution in [0.1, 0.15) is 12.1 Å². The summed E-state index contributed by atoms with van der Waals surface area (Å²) in [5.74, 6) is 1.84. The van der Waals surface area contributed by atoms with E-state index < -0.39 is 0 Å². The van der Waals surface area contributed by atoms with E-state index in [-0.39, 0.29) is 11.9 Å². The fourth-order valence-corrected chi connectivity index (χ4v) is 2.74. The second kappa shape index (κ2) is 5.01. The second-order valence-electron chi connectivity index (χ2n) is 3.22. The zero-order valence-electron chi connectivity index (χ0n) is 8.16. The molecule has 6 heteroatoms. The van der Waals surface area contributed by atoms with Crippen molar-refractivity contribution in [1.82, 2.24) is 9.97 Å². The Labute approximate surface area is 97.5 Å². The smallest absolute Gasteiger partial charge is 0.224 e. The molecule has 0 atom stereocenters. The summed E-state index contributed by atoms with van der Waals surface area (Å²) >= 11 is 7.57. The van der Waals surface area contributed by atoms with Gasteiger partial charge in [-0.3, -0.25) is 0 Å². The number of aromatic nitrogens is 2. The Morgan fingerprint density at radius 1 is 1.47 bits per heavy atom. The predicted molar refractivity (Wildman–Crippen MR) is 61.7 cm³/mol. The highest BCUT2D eigenvalue weighted by molar-refractivity contribution is 7.99. The fourth-order valence-electron chi connectivity index (χ4n) is 1.50. The second-order valence-corrected chi connectivity index (χ2v) is 4.66. The van der Waals surface area contributed by atoms with Crippen molar-refractivity contribution in [3.8, 4) is 0 Å². The molecule has 2 rings (SSSR count). The lowest BCUT2D eigenvalue weighted by Gasteiger charge is -2.17. The van der Waals surface area contributed by atoms with Crippen molar-refractivity contribution < 1.29 is 5.11 Å². The summed E-state index contributed by atoms with van der Waals surface area (Å²) in [7, 11) is 0. The maximum atomic E-state index is 8.76. The van der Waals surface area contributed by atoms with Crippen molar-refractivity contribution in [2.24, 2.45) is 0 Å². The van der Waals surface area contributed by atoms with E-state index in [1.165, 1.54) is 0 Å². The van der Waals surface area contributed by atoms with Crippen LogP contribution in [-0.4, -0.2) is 34.0 Å². The van der Waals surface area contributed by atoms with Gasteiger partial charge in [-0.15, -0.1) is 11.8 Å². The molecule has 2 heterocycles. The van der Waals surface area contributed by atoms with Crippen LogP contribution in [0.4, 0.5) is 5.82 Å². The number of aliphatic hydroxyl groups excluding tert-OH is 1. The van der Waals surface area contributed by atoms with Crippen molar-refractivity contribution in [3.63, 3.8) is 0 Å². The van der Waals surface area contributed by atoms with Gasteiger partial charge in [0.15, 0.2) is 0 Å². The maximum absolute atomic E-state index is 8.76. The third-order valence-corrected chi connectivity index (χ3v) is 3.50. The molecule has 1 aromatic rings. The Bertz CT molecular complexity index is 361. The van der Waals surface area contributed by atoms with Gasteiger partial charge in [0.2, 0.25) is 5.28 Å². The minimum absolute atomic E-state index is 0.0844. The Morgan fingerprint density at radius 2 is 2.33 bits per heavy atom. The summed E-state index contributed by atoms with van der Waals surface area (Å²) in [6.45, 7) is 0.571. The SMILES string of the molecule is OCCNc1nc(Cl)nc2c1SCCC2. The minimum Gasteiger partial charge on any atom is -0.395 e. The standard InChI is InChI=1S/C9H12ClN3OS/c10-9-12-6-2-1-5-15-7(6)8(13-9)11-3-4-14/h14H,1-5H2,(H,11,12,13). The number of anilines is 1. The number of fused-ring (bicyclic) bond motifs is 1. The summed E-state index contributed by atoms with van der Waals surface area (Å²) in [5.41, 5.74) is 1.02. The van der Waals surface area contributed by atoms with Gasteiger partial charge in [-0.1, -0.05) is 0 Å². The number of hydrogen-bond donors (Lipinski definition) is 2. The van der Waals surface area contributed by atoms with Crippen LogP contribution in [0.15, 0.2) is 4.90 Å². The first-order valence-electron chi connectivity index (χ1n) is 4.85. The summed E-state index contributed by atoms with van der Waals surface area (Å²) in [6.07, 6.45) is 2.09. The molecular weight excluding hydrogens is 234 g/mol. The van der Waals surface area contributed by atoms with E-state index in [0.29, 0.717) is 6.54 Å². The molecule has 0 bridgehead atoms. The summed E-state index contributed by atoms with van der Waals surface area (Å²) < 4.78 is 0. The van der Waals surface area contributed by atoms with Crippen molar-refractivity contribution in [2.75, 3.05) is 24.2 Å². The highest BCUT2D eigenvalue weighted by Gasteiger charge is 2.17. The number of aryl methyl sites for hydroxylation is 1. The largest absolute Gasteiger partial charge is 0.395 e. The quantitative estimate of drug-likeness (QED) is 0.792. The van der Waals surface area contributed by atoms with Gasteiger partial charge in [0.05, 0.1) is 17.2 Å². The maximum Gasteiger partial charge on any atom is 0.224 e. The average molecular weight is 246 g/mol. The molecule has 0 aliphatic carbocycles. The van der Waals surface area contributed by atoms with Crippen molar-refractivity contribution in [2.45, 2.75) is 17.7 Å². The van der Waals surface area contributed by atoms with E-state index in [2.05, 4.69) is 15.3 Å². The lowest BCUT2D eigenvalue weighted by Crippen LogP contribution is -2.12. The number of thioether (sulfide) groups is 1. The van der Waals surface area contributed by atoms with E-state index in [9.17, 15) is 0 Å². The Morgan fingerprint density at radius 3 is 3.13 bits per heavy atom. The molecule has 0 unspecified atom stereocenters. The highest BCUT2D eigenvalue weighted by atomic mass is 35.5. The molecular formula is C9H12ClN3OS. The van der Waals surface area contributed by atoms with Gasteiger partial charge in [0, 0.05) is 6.54 Å². The zero-order valence-corrected chi connectivity index (χ0v) is 9.74. The van der Waals surface area contributed by atoms with Crippen molar-refractivity contribution in [3.05, 3.63) is 11.0 Å². The van der Waals surface area contributed by atoms with Gasteiger partial charge in [0.25, 0.3) is 0 Å². The molecule has 0 aromatic carbocycles. The van der Waals surface area contributed by atoms with E-state index in [1.54, 1.807) is 11.8 Å². The molecule has 4 nitrogen and oxygen atoms in total. The fraction of sp³-hybridized carbons (Fsp3) is 0.556. The number of nitrogens with one attached hydrogen (secondary N) is 1. The third-order valence-electron chi connectivity index (χ3n) is 2.12. The highest BCUT2D eigenvalue weighted by Crippen LogP contribution is 2.34. The van der Waals surface area contributed by atoms with Crippen LogP contribution in [0.25, 0.3) is 0 Å². The normalized spacial score (nSPS) is 14.8. The molecule has 0 fully saturated rings. The Balaban J connectivity index is 2.30. The molecule has 0 amide bonds. The summed E-state index contributed by atoms with van der Waals surface area (Å²) in [6, 6.07) is 0. The monoisotopic (exact) mass is 245 g/mol. The van der Waals surface area contributed by atoms with Crippen LogP contribution in [0.2, 0.25) is 5.28 Å². The van der Waals surface area contributed by atoms with Crippen molar-refractivity contribution >= 4 is 29.2 Å². The zero-order chi connectivity index (χ0) is 10.7. The van der Waals surface area contributed by atoms with Crippen LogP contribution in [-0.2, 0) is 6.42 Å². The van der Waals surface area contributed by atoms with Gasteiger partial charge in [-0.2, -0.15) is 4.98 Å². The van der Waals surface area contributed by atoms with Gasteiger partial charge < -0.3 is 10.4 Å². The lowest BCUT2D eigenvalue weighted by molar-refractivity contribution is 0.311. The lowest BCUT2D eigenvalue weighted by atomic mass is 10.2. The molecule has 2 N–H and O–H groups in total. The predicted octanol–water partition coefficient (Wildman–Crippen LogP) is 1.57. The van der Waals surface area contributed by atoms with Gasteiger partial charge >= 0.3 is 0 Å². The molecule has 0 radical (unpaired) electrons. The minimum atomic E-state index is 0.0844. The molecule has 1 aliphatic heterocycles. The summed E-state index contributed by atoms with van der Waals surface area (Å²) in [4.78, 5) is 9.43. The Kier molecular flexibility index (Phi) is 3.66. The average Bonchev–Trinajstić information content (AvgIpc) is 2.25. The van der Waals surface area contributed by atoms with E-state index in [4.69, 9.17) is 16.7 Å². The first kappa shape index (κ1) is 11.0. The molecule has 15 heavy (non-hydrogen) atoms. The third kappa shape index (κ3) is 2.53. The number of aliphatic hydroxyl groups is 1. The number of halogens is 1. The van der Waals surface area contributed by atoms with E-state index in [0.717, 1.165) is 35.0 Å². The molecule has 1 aromatic heterocycles. The summed E-state index contributed by atoms with van der Waals surface area (Å²) in [5, 5.41) is 12.1. The van der Waals surface area contributed by atoms with Crippen LogP contribution >= 0.6 is 23.4 Å². The molecule has 1 aliphatic rings. The van der Waals surface area contributed by atoms with Crippen molar-refractivity contribution in [1.29, 1.82) is 0 Å². The van der Waals surface area contributed by atoms with Gasteiger partial charge in [-0.25, -0.2) is 4.98 Å². The first-order chi connectivity index (χ1) is 7.31. The van der Waals surface area contributed by atoms with E-state index >= 15 is 0 Å². The van der Waals surface area contributed by atoms with Crippen LogP contribution < -0.4 is 5.32 Å². The van der Waals surface area contributed by atoms with Crippen LogP contribution in [0.5, 0.6) is 0 Å².